The van der Waals surface area contributed by atoms with Gasteiger partial charge in [-0.15, -0.1) is 0 Å². The van der Waals surface area contributed by atoms with Gasteiger partial charge in [0.2, 0.25) is 0 Å². The molecule has 0 aromatic heterocycles. The number of ether oxygens (including phenoxy) is 1. The Morgan fingerprint density at radius 3 is 1.14 bits per heavy atom. The molecule has 0 amide bonds. The average Bonchev–Trinajstić information content (AvgIpc) is 2.49. The molecular formula is C20H40O2. The van der Waals surface area contributed by atoms with Gasteiger partial charge in [0.15, 0.2) is 0 Å². The quantitative estimate of drug-likeness (QED) is 0.193. The molecular weight excluding hydrogens is 272 g/mol. The molecule has 0 heterocycles. The molecule has 0 radical (unpaired) electrons. The molecule has 0 saturated carbocycles. The number of rotatable bonds is 14. The van der Waals surface area contributed by atoms with Gasteiger partial charge in [0.1, 0.15) is 0 Å². The fraction of sp³-hybridized carbons (Fsp3) is 0.850. The Morgan fingerprint density at radius 2 is 1.00 bits per heavy atom. The van der Waals surface area contributed by atoms with Crippen LogP contribution in [0.3, 0.4) is 0 Å². The summed E-state index contributed by atoms with van der Waals surface area (Å²) in [5.74, 6) is -0.329. The first-order valence-corrected chi connectivity index (χ1v) is 9.47. The van der Waals surface area contributed by atoms with Crippen LogP contribution in [0.2, 0.25) is 0 Å². The summed E-state index contributed by atoms with van der Waals surface area (Å²) in [5, 5.41) is 0. The Kier molecular flexibility index (Phi) is 24.0. The van der Waals surface area contributed by atoms with Crippen LogP contribution in [0.25, 0.3) is 0 Å². The van der Waals surface area contributed by atoms with Gasteiger partial charge in [-0.1, -0.05) is 110 Å². The van der Waals surface area contributed by atoms with Crippen molar-refractivity contribution in [3.05, 3.63) is 12.8 Å². The van der Waals surface area contributed by atoms with Crippen LogP contribution in [0.5, 0.6) is 0 Å². The van der Waals surface area contributed by atoms with Gasteiger partial charge >= 0.3 is 5.97 Å². The number of hydrogen-bond donors (Lipinski definition) is 0. The third-order valence-corrected chi connectivity index (χ3v) is 3.71. The molecule has 22 heavy (non-hydrogen) atoms. The van der Waals surface area contributed by atoms with Crippen molar-refractivity contribution in [2.75, 3.05) is 0 Å². The molecule has 0 N–H and O–H groups in total. The lowest BCUT2D eigenvalue weighted by Gasteiger charge is -2.02. The van der Waals surface area contributed by atoms with Crippen molar-refractivity contribution in [1.29, 1.82) is 0 Å². The molecule has 0 rings (SSSR count). The second-order valence-corrected chi connectivity index (χ2v) is 6.02. The highest BCUT2D eigenvalue weighted by Crippen LogP contribution is 2.12. The van der Waals surface area contributed by atoms with E-state index >= 15 is 0 Å². The summed E-state index contributed by atoms with van der Waals surface area (Å²) in [4.78, 5) is 9.75. The minimum absolute atomic E-state index is 0.329. The summed E-state index contributed by atoms with van der Waals surface area (Å²) in [6.07, 6.45) is 21.5. The Hall–Kier alpha value is -0.790. The lowest BCUT2D eigenvalue weighted by molar-refractivity contribution is -0.135. The van der Waals surface area contributed by atoms with Crippen LogP contribution in [-0.2, 0) is 9.53 Å². The van der Waals surface area contributed by atoms with E-state index in [1.165, 1.54) is 96.8 Å². The highest BCUT2D eigenvalue weighted by atomic mass is 16.5. The van der Waals surface area contributed by atoms with E-state index in [-0.39, 0.29) is 5.97 Å². The molecule has 0 saturated heterocycles. The Balaban J connectivity index is 0. The number of esters is 1. The zero-order valence-electron chi connectivity index (χ0n) is 15.5. The van der Waals surface area contributed by atoms with Crippen molar-refractivity contribution < 1.29 is 9.53 Å². The summed E-state index contributed by atoms with van der Waals surface area (Å²) in [7, 11) is 0. The summed E-state index contributed by atoms with van der Waals surface area (Å²) in [6, 6.07) is 0. The molecule has 0 aromatic rings. The number of unbranched alkanes of at least 4 members (excludes halogenated alkanes) is 13. The van der Waals surface area contributed by atoms with Crippen LogP contribution >= 0.6 is 0 Å². The highest BCUT2D eigenvalue weighted by molar-refractivity contribution is 5.66. The molecule has 0 aliphatic rings. The number of hydrogen-bond acceptors (Lipinski definition) is 2. The smallest absolute Gasteiger partial charge is 0.307 e. The van der Waals surface area contributed by atoms with Crippen molar-refractivity contribution >= 4 is 5.97 Å². The van der Waals surface area contributed by atoms with E-state index in [4.69, 9.17) is 0 Å². The lowest BCUT2D eigenvalue weighted by Crippen LogP contribution is -1.87. The van der Waals surface area contributed by atoms with Gasteiger partial charge in [0, 0.05) is 6.92 Å². The second-order valence-electron chi connectivity index (χ2n) is 6.02. The molecule has 2 heteroatoms. The Bertz CT molecular complexity index is 210. The molecule has 0 aromatic carbocycles. The van der Waals surface area contributed by atoms with Crippen molar-refractivity contribution in [1.82, 2.24) is 0 Å². The van der Waals surface area contributed by atoms with E-state index in [9.17, 15) is 4.79 Å². The van der Waals surface area contributed by atoms with E-state index in [0.717, 1.165) is 6.26 Å². The molecule has 2 nitrogen and oxygen atoms in total. The van der Waals surface area contributed by atoms with E-state index in [1.807, 2.05) is 0 Å². The molecule has 0 aliphatic carbocycles. The molecule has 0 spiro atoms. The molecule has 132 valence electrons. The van der Waals surface area contributed by atoms with Gasteiger partial charge in [-0.05, 0) is 0 Å². The van der Waals surface area contributed by atoms with Crippen LogP contribution in [0, 0.1) is 0 Å². The van der Waals surface area contributed by atoms with Crippen LogP contribution in [-0.4, -0.2) is 5.97 Å². The monoisotopic (exact) mass is 312 g/mol. The fourth-order valence-corrected chi connectivity index (χ4v) is 2.39. The van der Waals surface area contributed by atoms with Crippen molar-refractivity contribution in [2.24, 2.45) is 0 Å². The maximum Gasteiger partial charge on any atom is 0.307 e. The number of carbonyl (C=O) groups excluding carboxylic acids is 1. The van der Waals surface area contributed by atoms with Crippen LogP contribution in [0.4, 0.5) is 0 Å². The maximum atomic E-state index is 9.75. The highest BCUT2D eigenvalue weighted by Gasteiger charge is 1.92. The van der Waals surface area contributed by atoms with Gasteiger partial charge in [-0.25, -0.2) is 0 Å². The topological polar surface area (TPSA) is 26.3 Å². The van der Waals surface area contributed by atoms with E-state index < -0.39 is 0 Å². The summed E-state index contributed by atoms with van der Waals surface area (Å²) >= 11 is 0. The third-order valence-electron chi connectivity index (χ3n) is 3.71. The van der Waals surface area contributed by atoms with Crippen LogP contribution in [0.1, 0.15) is 111 Å². The van der Waals surface area contributed by atoms with E-state index in [0.29, 0.717) is 0 Å². The fourth-order valence-electron chi connectivity index (χ4n) is 2.39. The molecule has 0 fully saturated rings. The van der Waals surface area contributed by atoms with Crippen molar-refractivity contribution in [3.8, 4) is 0 Å². The van der Waals surface area contributed by atoms with Gasteiger partial charge in [0.25, 0.3) is 0 Å². The minimum atomic E-state index is -0.329. The summed E-state index contributed by atoms with van der Waals surface area (Å²) in [6.45, 7) is 9.06. The summed E-state index contributed by atoms with van der Waals surface area (Å²) in [5.41, 5.74) is 0. The average molecular weight is 313 g/mol. The zero-order valence-corrected chi connectivity index (χ0v) is 15.5. The van der Waals surface area contributed by atoms with E-state index in [2.05, 4.69) is 25.2 Å². The van der Waals surface area contributed by atoms with Gasteiger partial charge in [-0.3, -0.25) is 4.79 Å². The predicted molar refractivity (Wildman–Crippen MR) is 97.9 cm³/mol. The number of carbonyl (C=O) groups is 1. The van der Waals surface area contributed by atoms with Gasteiger partial charge < -0.3 is 4.74 Å². The molecule has 0 aliphatic heterocycles. The van der Waals surface area contributed by atoms with Crippen molar-refractivity contribution in [3.63, 3.8) is 0 Å². The lowest BCUT2D eigenvalue weighted by atomic mass is 10.0. The first-order valence-electron chi connectivity index (χ1n) is 9.47. The second kappa shape index (κ2) is 22.5. The normalized spacial score (nSPS) is 9.77. The van der Waals surface area contributed by atoms with Crippen LogP contribution < -0.4 is 0 Å². The zero-order chi connectivity index (χ0) is 16.9. The third kappa shape index (κ3) is 27.5. The van der Waals surface area contributed by atoms with Gasteiger partial charge in [0.05, 0.1) is 6.26 Å². The standard InChI is InChI=1S/C16H34.C4H6O2/c1-3-5-7-9-11-13-15-16-14-12-10-8-6-4-2;1-3-6-4(2)5/h3-16H2,1-2H3;3H,1H2,2H3. The maximum absolute atomic E-state index is 9.75. The minimum Gasteiger partial charge on any atom is -0.435 e. The van der Waals surface area contributed by atoms with E-state index in [1.54, 1.807) is 0 Å². The molecule has 0 atom stereocenters. The van der Waals surface area contributed by atoms with Gasteiger partial charge in [-0.2, -0.15) is 0 Å². The predicted octanol–water partition coefficient (Wildman–Crippen LogP) is 7.18. The Morgan fingerprint density at radius 1 is 0.727 bits per heavy atom. The Labute approximate surface area is 139 Å². The summed E-state index contributed by atoms with van der Waals surface area (Å²) < 4.78 is 4.17. The first kappa shape index (κ1) is 23.5. The molecule has 0 bridgehead atoms. The van der Waals surface area contributed by atoms with Crippen molar-refractivity contribution in [2.45, 2.75) is 111 Å². The SMILES string of the molecule is C=COC(C)=O.CCCCCCCCCCCCCCCC. The largest absolute Gasteiger partial charge is 0.435 e. The first-order chi connectivity index (χ1) is 10.7. The van der Waals surface area contributed by atoms with Crippen LogP contribution in [0.15, 0.2) is 12.8 Å². The molecule has 0 unspecified atom stereocenters.